The van der Waals surface area contributed by atoms with Crippen molar-refractivity contribution < 1.29 is 14.2 Å². The van der Waals surface area contributed by atoms with Crippen LogP contribution in [0.25, 0.3) is 0 Å². The third kappa shape index (κ3) is 5.16. The number of phenols is 1. The second-order valence-corrected chi connectivity index (χ2v) is 9.04. The first kappa shape index (κ1) is 18.3. The van der Waals surface area contributed by atoms with Gasteiger partial charge in [-0.25, -0.2) is 0 Å². The summed E-state index contributed by atoms with van der Waals surface area (Å²) >= 11 is 0. The van der Waals surface area contributed by atoms with Gasteiger partial charge in [0.25, 0.3) is 0 Å². The fourth-order valence-electron chi connectivity index (χ4n) is 2.49. The maximum atomic E-state index is 12.7. The van der Waals surface area contributed by atoms with Gasteiger partial charge in [0.2, 0.25) is 7.37 Å². The molecule has 3 nitrogen and oxygen atoms in total. The summed E-state index contributed by atoms with van der Waals surface area (Å²) in [7, 11) is -2.82. The molecule has 0 bridgehead atoms. The molecule has 0 aliphatic rings. The molecule has 1 N–H and O–H groups in total. The summed E-state index contributed by atoms with van der Waals surface area (Å²) in [6.45, 7) is 12.4. The predicted molar refractivity (Wildman–Crippen MR) is 90.0 cm³/mol. The van der Waals surface area contributed by atoms with Gasteiger partial charge in [0.05, 0.1) is 6.61 Å². The highest BCUT2D eigenvalue weighted by Gasteiger charge is 2.22. The number of rotatable bonds is 7. The van der Waals surface area contributed by atoms with Crippen molar-refractivity contribution in [3.8, 4) is 5.75 Å². The van der Waals surface area contributed by atoms with Gasteiger partial charge in [-0.3, -0.25) is 4.57 Å². The number of aromatic hydroxyl groups is 1. The van der Waals surface area contributed by atoms with Crippen molar-refractivity contribution in [3.63, 3.8) is 0 Å². The third-order valence-electron chi connectivity index (χ3n) is 3.35. The Morgan fingerprint density at radius 3 is 1.86 bits per heavy atom. The molecule has 1 unspecified atom stereocenters. The van der Waals surface area contributed by atoms with E-state index in [0.717, 1.165) is 24.0 Å². The van der Waals surface area contributed by atoms with Crippen molar-refractivity contribution in [2.75, 3.05) is 13.3 Å². The highest BCUT2D eigenvalue weighted by molar-refractivity contribution is 7.66. The number of hydrogen-bond donors (Lipinski definition) is 1. The zero-order valence-electron chi connectivity index (χ0n) is 14.1. The molecule has 0 saturated heterocycles. The average Bonchev–Trinajstić information content (AvgIpc) is 2.32. The molecule has 0 aromatic heterocycles. The van der Waals surface area contributed by atoms with E-state index >= 15 is 0 Å². The van der Waals surface area contributed by atoms with E-state index in [2.05, 4.69) is 27.7 Å². The Kier molecular flexibility index (Phi) is 6.49. The van der Waals surface area contributed by atoms with Gasteiger partial charge < -0.3 is 9.63 Å². The minimum atomic E-state index is -2.82. The van der Waals surface area contributed by atoms with E-state index in [1.165, 1.54) is 0 Å². The lowest BCUT2D eigenvalue weighted by Gasteiger charge is -2.19. The van der Waals surface area contributed by atoms with E-state index in [9.17, 15) is 9.67 Å². The Hall–Kier alpha value is -0.790. The summed E-state index contributed by atoms with van der Waals surface area (Å²) in [5.74, 6) is 1.22. The van der Waals surface area contributed by atoms with Crippen LogP contribution in [0, 0.1) is 11.8 Å². The number of phenolic OH excluding ortho intramolecular Hbond substituents is 1. The van der Waals surface area contributed by atoms with Gasteiger partial charge in [0.1, 0.15) is 5.75 Å². The lowest BCUT2D eigenvalue weighted by molar-refractivity contribution is 0.344. The van der Waals surface area contributed by atoms with Crippen LogP contribution in [0.1, 0.15) is 45.7 Å². The summed E-state index contributed by atoms with van der Waals surface area (Å²) in [4.78, 5) is 0. The molecule has 21 heavy (non-hydrogen) atoms. The van der Waals surface area contributed by atoms with Gasteiger partial charge >= 0.3 is 0 Å². The minimum Gasteiger partial charge on any atom is -0.507 e. The van der Waals surface area contributed by atoms with Gasteiger partial charge in [-0.15, -0.1) is 0 Å². The van der Waals surface area contributed by atoms with Crippen molar-refractivity contribution >= 4 is 12.7 Å². The van der Waals surface area contributed by atoms with E-state index in [4.69, 9.17) is 4.52 Å². The average molecular weight is 312 g/mol. The monoisotopic (exact) mass is 312 g/mol. The van der Waals surface area contributed by atoms with Crippen LogP contribution in [0.5, 0.6) is 5.75 Å². The summed E-state index contributed by atoms with van der Waals surface area (Å²) in [5.41, 5.74) is 1.75. The van der Waals surface area contributed by atoms with Crippen LogP contribution >= 0.6 is 7.37 Å². The SMILES string of the molecule is CCOP(C)(=O)c1cc(CC(C)C)c(O)c(CC(C)C)c1. The van der Waals surface area contributed by atoms with Gasteiger partial charge in [0.15, 0.2) is 0 Å². The maximum Gasteiger partial charge on any atom is 0.229 e. The van der Waals surface area contributed by atoms with Crippen LogP contribution in [0.3, 0.4) is 0 Å². The van der Waals surface area contributed by atoms with E-state index in [1.807, 2.05) is 19.1 Å². The van der Waals surface area contributed by atoms with Gasteiger partial charge in [-0.1, -0.05) is 27.7 Å². The molecular weight excluding hydrogens is 283 g/mol. The molecule has 0 aliphatic carbocycles. The van der Waals surface area contributed by atoms with Crippen molar-refractivity contribution in [3.05, 3.63) is 23.3 Å². The Morgan fingerprint density at radius 1 is 1.10 bits per heavy atom. The van der Waals surface area contributed by atoms with E-state index < -0.39 is 7.37 Å². The third-order valence-corrected chi connectivity index (χ3v) is 5.30. The molecular formula is C17H29O3P. The summed E-state index contributed by atoms with van der Waals surface area (Å²) in [5, 5.41) is 11.2. The number of benzene rings is 1. The van der Waals surface area contributed by atoms with Crippen LogP contribution in [0.4, 0.5) is 0 Å². The maximum absolute atomic E-state index is 12.7. The van der Waals surface area contributed by atoms with Crippen molar-refractivity contribution in [1.29, 1.82) is 0 Å². The van der Waals surface area contributed by atoms with Crippen molar-refractivity contribution in [2.24, 2.45) is 11.8 Å². The van der Waals surface area contributed by atoms with E-state index in [-0.39, 0.29) is 0 Å². The number of hydrogen-bond acceptors (Lipinski definition) is 3. The molecule has 0 heterocycles. The van der Waals surface area contributed by atoms with Crippen molar-refractivity contribution in [1.82, 2.24) is 0 Å². The van der Waals surface area contributed by atoms with Crippen LogP contribution < -0.4 is 5.30 Å². The normalized spacial score (nSPS) is 14.7. The summed E-state index contributed by atoms with van der Waals surface area (Å²) in [6.07, 6.45) is 1.55. The standard InChI is InChI=1S/C17H29O3P/c1-7-20-21(6,19)16-10-14(8-12(2)3)17(18)15(11-16)9-13(4)5/h10-13,18H,7-9H2,1-6H3. The fourth-order valence-corrected chi connectivity index (χ4v) is 3.91. The topological polar surface area (TPSA) is 46.5 Å². The largest absolute Gasteiger partial charge is 0.507 e. The van der Waals surface area contributed by atoms with Crippen LogP contribution in [0.15, 0.2) is 12.1 Å². The molecule has 1 rings (SSSR count). The van der Waals surface area contributed by atoms with Gasteiger partial charge in [0, 0.05) is 12.0 Å². The quantitative estimate of drug-likeness (QED) is 0.761. The second-order valence-electron chi connectivity index (χ2n) is 6.57. The Labute approximate surface area is 129 Å². The molecule has 0 radical (unpaired) electrons. The molecule has 4 heteroatoms. The molecule has 0 saturated carbocycles. The highest BCUT2D eigenvalue weighted by atomic mass is 31.2. The fraction of sp³-hybridized carbons (Fsp3) is 0.647. The molecule has 120 valence electrons. The van der Waals surface area contributed by atoms with Gasteiger partial charge in [-0.2, -0.15) is 0 Å². The Bertz CT molecular complexity index is 490. The molecule has 1 atom stereocenters. The van der Waals surface area contributed by atoms with Crippen LogP contribution in [-0.2, 0) is 21.9 Å². The molecule has 0 spiro atoms. The zero-order chi connectivity index (χ0) is 16.2. The lowest BCUT2D eigenvalue weighted by Crippen LogP contribution is -2.12. The summed E-state index contributed by atoms with van der Waals surface area (Å²) in [6, 6.07) is 3.71. The van der Waals surface area contributed by atoms with Crippen LogP contribution in [0.2, 0.25) is 0 Å². The highest BCUT2D eigenvalue weighted by Crippen LogP contribution is 2.43. The Balaban J connectivity index is 3.35. The van der Waals surface area contributed by atoms with Crippen LogP contribution in [-0.4, -0.2) is 18.4 Å². The molecule has 1 aromatic rings. The molecule has 0 amide bonds. The Morgan fingerprint density at radius 2 is 1.52 bits per heavy atom. The zero-order valence-corrected chi connectivity index (χ0v) is 15.0. The van der Waals surface area contributed by atoms with E-state index in [0.29, 0.717) is 29.5 Å². The van der Waals surface area contributed by atoms with Crippen molar-refractivity contribution in [2.45, 2.75) is 47.5 Å². The second kappa shape index (κ2) is 7.47. The molecule has 0 fully saturated rings. The first-order valence-corrected chi connectivity index (χ1v) is 9.81. The minimum absolute atomic E-state index is 0.359. The smallest absolute Gasteiger partial charge is 0.229 e. The van der Waals surface area contributed by atoms with Gasteiger partial charge in [-0.05, 0) is 54.9 Å². The molecule has 1 aromatic carbocycles. The summed E-state index contributed by atoms with van der Waals surface area (Å²) < 4.78 is 18.1. The lowest BCUT2D eigenvalue weighted by atomic mass is 9.95. The first-order chi connectivity index (χ1) is 9.67. The molecule has 0 aliphatic heterocycles. The predicted octanol–water partition coefficient (Wildman–Crippen LogP) is 4.36. The first-order valence-electron chi connectivity index (χ1n) is 7.74. The van der Waals surface area contributed by atoms with E-state index in [1.54, 1.807) is 6.66 Å².